The van der Waals surface area contributed by atoms with Crippen molar-refractivity contribution in [3.05, 3.63) is 54.1 Å². The minimum Gasteiger partial charge on any atom is -0.377 e. The lowest BCUT2D eigenvalue weighted by molar-refractivity contribution is -0.118. The smallest absolute Gasteiger partial charge is 0.255 e. The van der Waals surface area contributed by atoms with Crippen LogP contribution in [0.15, 0.2) is 53.4 Å². The zero-order chi connectivity index (χ0) is 22.4. The van der Waals surface area contributed by atoms with E-state index in [2.05, 4.69) is 15.4 Å². The van der Waals surface area contributed by atoms with Gasteiger partial charge in [-0.3, -0.25) is 9.59 Å². The quantitative estimate of drug-likeness (QED) is 0.578. The van der Waals surface area contributed by atoms with Crippen LogP contribution in [0.5, 0.6) is 0 Å². The molecule has 1 saturated heterocycles. The summed E-state index contributed by atoms with van der Waals surface area (Å²) in [7, 11) is -3.65. The van der Waals surface area contributed by atoms with Crippen molar-refractivity contribution in [1.29, 1.82) is 0 Å². The molecule has 166 valence electrons. The van der Waals surface area contributed by atoms with Crippen LogP contribution in [0.4, 0.5) is 11.4 Å². The molecule has 0 aromatic heterocycles. The Morgan fingerprint density at radius 3 is 2.45 bits per heavy atom. The lowest BCUT2D eigenvalue weighted by Gasteiger charge is -2.12. The fourth-order valence-corrected chi connectivity index (χ4v) is 4.10. The van der Waals surface area contributed by atoms with Gasteiger partial charge < -0.3 is 15.4 Å². The number of rotatable bonds is 8. The normalized spacial score (nSPS) is 16.3. The Hall–Kier alpha value is -2.75. The average molecular weight is 446 g/mol. The van der Waals surface area contributed by atoms with Gasteiger partial charge in [-0.15, -0.1) is 0 Å². The highest BCUT2D eigenvalue weighted by Gasteiger charge is 2.20. The first-order valence-electron chi connectivity index (χ1n) is 10.2. The Morgan fingerprint density at radius 2 is 1.81 bits per heavy atom. The number of amides is 2. The van der Waals surface area contributed by atoms with E-state index < -0.39 is 10.0 Å². The van der Waals surface area contributed by atoms with Gasteiger partial charge in [0.05, 0.1) is 11.0 Å². The number of carbonyl (C=O) groups is 2. The van der Waals surface area contributed by atoms with Crippen LogP contribution in [0.3, 0.4) is 0 Å². The van der Waals surface area contributed by atoms with Gasteiger partial charge >= 0.3 is 0 Å². The third kappa shape index (κ3) is 6.36. The number of carbonyl (C=O) groups excluding carboxylic acids is 2. The molecule has 9 heteroatoms. The van der Waals surface area contributed by atoms with Gasteiger partial charge in [0, 0.05) is 36.0 Å². The van der Waals surface area contributed by atoms with E-state index in [0.717, 1.165) is 12.8 Å². The van der Waals surface area contributed by atoms with E-state index in [9.17, 15) is 18.0 Å². The first kappa shape index (κ1) is 22.9. The van der Waals surface area contributed by atoms with E-state index in [1.165, 1.54) is 24.3 Å². The van der Waals surface area contributed by atoms with Crippen molar-refractivity contribution in [1.82, 2.24) is 4.72 Å². The molecule has 2 aromatic rings. The summed E-state index contributed by atoms with van der Waals surface area (Å²) in [4.78, 5) is 24.5. The molecule has 0 radical (unpaired) electrons. The van der Waals surface area contributed by atoms with Crippen molar-refractivity contribution in [3.63, 3.8) is 0 Å². The molecule has 2 amide bonds. The second-order valence-corrected chi connectivity index (χ2v) is 9.46. The first-order chi connectivity index (χ1) is 14.7. The van der Waals surface area contributed by atoms with Crippen molar-refractivity contribution >= 4 is 33.2 Å². The van der Waals surface area contributed by atoms with Crippen LogP contribution in [0.2, 0.25) is 0 Å². The fourth-order valence-electron chi connectivity index (χ4n) is 3.04. The monoisotopic (exact) mass is 445 g/mol. The summed E-state index contributed by atoms with van der Waals surface area (Å²) in [5, 5.41) is 5.49. The van der Waals surface area contributed by atoms with Gasteiger partial charge in [0.15, 0.2) is 0 Å². The topological polar surface area (TPSA) is 114 Å². The molecular formula is C22H27N3O5S. The van der Waals surface area contributed by atoms with Crippen molar-refractivity contribution in [2.45, 2.75) is 37.7 Å². The van der Waals surface area contributed by atoms with Crippen LogP contribution in [0.25, 0.3) is 0 Å². The number of hydrogen-bond donors (Lipinski definition) is 3. The van der Waals surface area contributed by atoms with Crippen LogP contribution in [0, 0.1) is 5.92 Å². The van der Waals surface area contributed by atoms with E-state index in [1.807, 2.05) is 0 Å². The van der Waals surface area contributed by atoms with Crippen LogP contribution in [0.1, 0.15) is 37.0 Å². The predicted octanol–water partition coefficient (Wildman–Crippen LogP) is 2.99. The van der Waals surface area contributed by atoms with E-state index in [0.29, 0.717) is 23.5 Å². The maximum absolute atomic E-state index is 12.5. The highest BCUT2D eigenvalue weighted by molar-refractivity contribution is 7.89. The largest absolute Gasteiger partial charge is 0.377 e. The molecule has 1 aliphatic heterocycles. The van der Waals surface area contributed by atoms with Crippen LogP contribution >= 0.6 is 0 Å². The lowest BCUT2D eigenvalue weighted by Crippen LogP contribution is -2.31. The van der Waals surface area contributed by atoms with Gasteiger partial charge in [-0.2, -0.15) is 0 Å². The van der Waals surface area contributed by atoms with Gasteiger partial charge in [-0.1, -0.05) is 19.9 Å². The summed E-state index contributed by atoms with van der Waals surface area (Å²) >= 11 is 0. The molecule has 2 aromatic carbocycles. The summed E-state index contributed by atoms with van der Waals surface area (Å²) in [5.41, 5.74) is 1.36. The summed E-state index contributed by atoms with van der Waals surface area (Å²) in [6, 6.07) is 12.5. The van der Waals surface area contributed by atoms with E-state index in [-0.39, 0.29) is 35.3 Å². The van der Waals surface area contributed by atoms with Gasteiger partial charge in [0.2, 0.25) is 15.9 Å². The molecule has 3 rings (SSSR count). The van der Waals surface area contributed by atoms with E-state index in [1.54, 1.807) is 38.1 Å². The molecule has 1 heterocycles. The highest BCUT2D eigenvalue weighted by Crippen LogP contribution is 2.18. The number of hydrogen-bond acceptors (Lipinski definition) is 5. The molecule has 31 heavy (non-hydrogen) atoms. The molecular weight excluding hydrogens is 418 g/mol. The predicted molar refractivity (Wildman–Crippen MR) is 118 cm³/mol. The average Bonchev–Trinajstić information content (AvgIpc) is 3.27. The van der Waals surface area contributed by atoms with E-state index >= 15 is 0 Å². The van der Waals surface area contributed by atoms with E-state index in [4.69, 9.17) is 4.74 Å². The Morgan fingerprint density at radius 1 is 1.06 bits per heavy atom. The number of anilines is 2. The first-order valence-corrected chi connectivity index (χ1v) is 11.7. The van der Waals surface area contributed by atoms with Crippen molar-refractivity contribution in [2.24, 2.45) is 5.92 Å². The maximum Gasteiger partial charge on any atom is 0.255 e. The van der Waals surface area contributed by atoms with Crippen molar-refractivity contribution in [3.8, 4) is 0 Å². The summed E-state index contributed by atoms with van der Waals surface area (Å²) < 4.78 is 32.8. The van der Waals surface area contributed by atoms with Crippen LogP contribution in [-0.2, 0) is 19.6 Å². The number of sulfonamides is 1. The molecule has 0 aliphatic carbocycles. The Balaban J connectivity index is 1.61. The highest BCUT2D eigenvalue weighted by atomic mass is 32.2. The molecule has 0 spiro atoms. The zero-order valence-electron chi connectivity index (χ0n) is 17.6. The second kappa shape index (κ2) is 10.0. The zero-order valence-corrected chi connectivity index (χ0v) is 18.4. The third-order valence-electron chi connectivity index (χ3n) is 4.86. The maximum atomic E-state index is 12.5. The summed E-state index contributed by atoms with van der Waals surface area (Å²) in [6.07, 6.45) is 1.69. The van der Waals surface area contributed by atoms with Gasteiger partial charge in [0.25, 0.3) is 5.91 Å². The standard InChI is InChI=1S/C22H27N3O5S/c1-15(2)21(26)25-18-6-3-5-16(13-18)22(27)24-17-8-10-20(11-9-17)31(28,29)23-14-19-7-4-12-30-19/h3,5-6,8-11,13,15,19,23H,4,7,12,14H2,1-2H3,(H,24,27)(H,25,26). The molecule has 0 bridgehead atoms. The molecule has 1 aliphatic rings. The SMILES string of the molecule is CC(C)C(=O)Nc1cccc(C(=O)Nc2ccc(S(=O)(=O)NCC3CCCO3)cc2)c1. The molecule has 0 saturated carbocycles. The third-order valence-corrected chi connectivity index (χ3v) is 6.30. The molecule has 1 atom stereocenters. The Kier molecular flexibility index (Phi) is 7.42. The van der Waals surface area contributed by atoms with Crippen LogP contribution < -0.4 is 15.4 Å². The minimum atomic E-state index is -3.65. The second-order valence-electron chi connectivity index (χ2n) is 7.69. The molecule has 1 unspecified atom stereocenters. The summed E-state index contributed by atoms with van der Waals surface area (Å²) in [6.45, 7) is 4.47. The lowest BCUT2D eigenvalue weighted by atomic mass is 10.1. The van der Waals surface area contributed by atoms with Crippen LogP contribution in [-0.4, -0.2) is 39.5 Å². The number of ether oxygens (including phenoxy) is 1. The van der Waals surface area contributed by atoms with Crippen molar-refractivity contribution in [2.75, 3.05) is 23.8 Å². The number of nitrogens with one attached hydrogen (secondary N) is 3. The molecule has 3 N–H and O–H groups in total. The van der Waals surface area contributed by atoms with Gasteiger partial charge in [-0.25, -0.2) is 13.1 Å². The molecule has 8 nitrogen and oxygen atoms in total. The number of benzene rings is 2. The summed E-state index contributed by atoms with van der Waals surface area (Å²) in [5.74, 6) is -0.678. The Bertz CT molecular complexity index is 1030. The van der Waals surface area contributed by atoms with Gasteiger partial charge in [0.1, 0.15) is 0 Å². The van der Waals surface area contributed by atoms with Gasteiger partial charge in [-0.05, 0) is 55.3 Å². The minimum absolute atomic E-state index is 0.0885. The molecule has 1 fully saturated rings. The van der Waals surface area contributed by atoms with Crippen molar-refractivity contribution < 1.29 is 22.7 Å². The Labute approximate surface area is 182 Å². The fraction of sp³-hybridized carbons (Fsp3) is 0.364.